The third kappa shape index (κ3) is 2.36. The average molecular weight is 248 g/mol. The van der Waals surface area contributed by atoms with Gasteiger partial charge in [-0.1, -0.05) is 0 Å². The molecule has 1 rings (SSSR count). The molecule has 0 aliphatic heterocycles. The lowest BCUT2D eigenvalue weighted by Crippen LogP contribution is -2.36. The fourth-order valence-electron chi connectivity index (χ4n) is 1.54. The van der Waals surface area contributed by atoms with E-state index in [4.69, 9.17) is 0 Å². The lowest BCUT2D eigenvalue weighted by molar-refractivity contribution is -0.0447. The molecule has 0 aromatic heterocycles. The van der Waals surface area contributed by atoms with E-state index in [0.717, 1.165) is 0 Å². The van der Waals surface area contributed by atoms with E-state index in [-0.39, 0.29) is 18.1 Å². The van der Waals surface area contributed by atoms with Gasteiger partial charge in [0.15, 0.2) is 0 Å². The highest BCUT2D eigenvalue weighted by molar-refractivity contribution is 7.92. The van der Waals surface area contributed by atoms with Crippen molar-refractivity contribution in [3.63, 3.8) is 0 Å². The van der Waals surface area contributed by atoms with E-state index in [9.17, 15) is 21.6 Å². The molecule has 7 heteroatoms. The second-order valence-electron chi connectivity index (χ2n) is 3.42. The van der Waals surface area contributed by atoms with Crippen LogP contribution in [0, 0.1) is 0 Å². The number of halogens is 3. The highest BCUT2D eigenvalue weighted by atomic mass is 32.2. The minimum atomic E-state index is -5.11. The molecular weight excluding hydrogens is 237 g/mol. The van der Waals surface area contributed by atoms with Crippen LogP contribution >= 0.6 is 12.6 Å². The first-order valence-corrected chi connectivity index (χ1v) is 6.29. The molecular formula is C7H11F3O2S2. The predicted molar refractivity (Wildman–Crippen MR) is 50.0 cm³/mol. The lowest BCUT2D eigenvalue weighted by Gasteiger charge is -2.25. The molecule has 0 heterocycles. The number of hydrogen-bond donors (Lipinski definition) is 1. The van der Waals surface area contributed by atoms with E-state index < -0.39 is 20.6 Å². The van der Waals surface area contributed by atoms with Crippen molar-refractivity contribution < 1.29 is 21.6 Å². The zero-order chi connectivity index (χ0) is 11.0. The Morgan fingerprint density at radius 3 is 1.86 bits per heavy atom. The molecule has 0 saturated heterocycles. The van der Waals surface area contributed by atoms with Gasteiger partial charge in [0, 0.05) is 5.25 Å². The minimum Gasteiger partial charge on any atom is -0.219 e. The molecule has 14 heavy (non-hydrogen) atoms. The molecule has 0 aromatic rings. The molecule has 0 atom stereocenters. The third-order valence-corrected chi connectivity index (χ3v) is 4.92. The Morgan fingerprint density at radius 1 is 1.07 bits per heavy atom. The van der Waals surface area contributed by atoms with Gasteiger partial charge in [0.05, 0.1) is 5.25 Å². The standard InChI is InChI=1S/C7H11F3O2S2/c8-7(9,10)14(11,12)6-3-1-5(13)2-4-6/h5-6,13H,1-4H2. The Bertz CT molecular complexity index is 289. The summed E-state index contributed by atoms with van der Waals surface area (Å²) < 4.78 is 58.3. The first-order valence-electron chi connectivity index (χ1n) is 4.23. The van der Waals surface area contributed by atoms with Crippen LogP contribution in [0.4, 0.5) is 13.2 Å². The van der Waals surface area contributed by atoms with E-state index >= 15 is 0 Å². The highest BCUT2D eigenvalue weighted by Gasteiger charge is 2.50. The van der Waals surface area contributed by atoms with Crippen LogP contribution < -0.4 is 0 Å². The number of sulfone groups is 1. The molecule has 0 amide bonds. The Hall–Kier alpha value is 0.0900. The average Bonchev–Trinajstić information content (AvgIpc) is 2.03. The summed E-state index contributed by atoms with van der Waals surface area (Å²) in [5.41, 5.74) is -5.11. The minimum absolute atomic E-state index is 0.0367. The van der Waals surface area contributed by atoms with Crippen LogP contribution in [-0.4, -0.2) is 24.4 Å². The zero-order valence-electron chi connectivity index (χ0n) is 7.29. The van der Waals surface area contributed by atoms with Crippen LogP contribution in [0.3, 0.4) is 0 Å². The molecule has 0 spiro atoms. The van der Waals surface area contributed by atoms with Crippen LogP contribution in [-0.2, 0) is 9.84 Å². The van der Waals surface area contributed by atoms with Gasteiger partial charge in [-0.25, -0.2) is 8.42 Å². The topological polar surface area (TPSA) is 34.1 Å². The second-order valence-corrected chi connectivity index (χ2v) is 6.37. The smallest absolute Gasteiger partial charge is 0.219 e. The van der Waals surface area contributed by atoms with Crippen molar-refractivity contribution in [1.29, 1.82) is 0 Å². The van der Waals surface area contributed by atoms with Crippen LogP contribution in [0.1, 0.15) is 25.7 Å². The summed E-state index contributed by atoms with van der Waals surface area (Å²) in [6.45, 7) is 0. The highest BCUT2D eigenvalue weighted by Crippen LogP contribution is 2.35. The van der Waals surface area contributed by atoms with Crippen molar-refractivity contribution in [2.45, 2.75) is 41.7 Å². The van der Waals surface area contributed by atoms with E-state index in [1.807, 2.05) is 0 Å². The first-order chi connectivity index (χ1) is 6.25. The molecule has 2 nitrogen and oxygen atoms in total. The third-order valence-electron chi connectivity index (χ3n) is 2.41. The van der Waals surface area contributed by atoms with Crippen LogP contribution in [0.2, 0.25) is 0 Å². The van der Waals surface area contributed by atoms with Crippen molar-refractivity contribution in [3.05, 3.63) is 0 Å². The maximum absolute atomic E-state index is 12.1. The lowest BCUT2D eigenvalue weighted by atomic mass is 10.00. The zero-order valence-corrected chi connectivity index (χ0v) is 9.00. The van der Waals surface area contributed by atoms with Crippen molar-refractivity contribution in [2.75, 3.05) is 0 Å². The quantitative estimate of drug-likeness (QED) is 0.722. The van der Waals surface area contributed by atoms with Crippen LogP contribution in [0.15, 0.2) is 0 Å². The fourth-order valence-corrected chi connectivity index (χ4v) is 3.11. The molecule has 0 radical (unpaired) electrons. The van der Waals surface area contributed by atoms with Crippen LogP contribution in [0.5, 0.6) is 0 Å². The van der Waals surface area contributed by atoms with E-state index in [0.29, 0.717) is 12.8 Å². The van der Waals surface area contributed by atoms with Crippen molar-refractivity contribution in [1.82, 2.24) is 0 Å². The second kappa shape index (κ2) is 3.92. The van der Waals surface area contributed by atoms with Gasteiger partial charge < -0.3 is 0 Å². The van der Waals surface area contributed by atoms with Gasteiger partial charge in [0.25, 0.3) is 9.84 Å². The van der Waals surface area contributed by atoms with Gasteiger partial charge >= 0.3 is 5.51 Å². The molecule has 0 unspecified atom stereocenters. The summed E-state index contributed by atoms with van der Waals surface area (Å²) in [7, 11) is -4.96. The van der Waals surface area contributed by atoms with Gasteiger partial charge in [0.2, 0.25) is 0 Å². The summed E-state index contributed by atoms with van der Waals surface area (Å²) in [4.78, 5) is 0. The molecule has 84 valence electrons. The Kier molecular flexibility index (Phi) is 3.41. The van der Waals surface area contributed by atoms with Gasteiger partial charge in [0.1, 0.15) is 0 Å². The normalized spacial score (nSPS) is 30.3. The molecule has 1 saturated carbocycles. The Balaban J connectivity index is 2.76. The van der Waals surface area contributed by atoms with Gasteiger partial charge in [-0.2, -0.15) is 25.8 Å². The van der Waals surface area contributed by atoms with Gasteiger partial charge in [-0.15, -0.1) is 0 Å². The number of alkyl halides is 3. The summed E-state index contributed by atoms with van der Waals surface area (Å²) in [5, 5.41) is -1.22. The molecule has 1 aliphatic carbocycles. The largest absolute Gasteiger partial charge is 0.497 e. The Labute approximate surface area is 86.2 Å². The van der Waals surface area contributed by atoms with Crippen molar-refractivity contribution >= 4 is 22.5 Å². The van der Waals surface area contributed by atoms with E-state index in [1.165, 1.54) is 0 Å². The maximum Gasteiger partial charge on any atom is 0.497 e. The summed E-state index contributed by atoms with van der Waals surface area (Å²) >= 11 is 4.09. The van der Waals surface area contributed by atoms with Gasteiger partial charge in [-0.05, 0) is 25.7 Å². The number of rotatable bonds is 1. The molecule has 0 bridgehead atoms. The van der Waals surface area contributed by atoms with Crippen molar-refractivity contribution in [2.24, 2.45) is 0 Å². The SMILES string of the molecule is O=S(=O)(C1CCC(S)CC1)C(F)(F)F. The monoisotopic (exact) mass is 248 g/mol. The Morgan fingerprint density at radius 2 is 1.50 bits per heavy atom. The maximum atomic E-state index is 12.1. The fraction of sp³-hybridized carbons (Fsp3) is 1.00. The van der Waals surface area contributed by atoms with Crippen molar-refractivity contribution in [3.8, 4) is 0 Å². The van der Waals surface area contributed by atoms with Gasteiger partial charge in [-0.3, -0.25) is 0 Å². The van der Waals surface area contributed by atoms with E-state index in [2.05, 4.69) is 12.6 Å². The summed E-state index contributed by atoms with van der Waals surface area (Å²) in [5.74, 6) is 0. The summed E-state index contributed by atoms with van der Waals surface area (Å²) in [6.07, 6.45) is 0.998. The molecule has 1 fully saturated rings. The summed E-state index contributed by atoms with van der Waals surface area (Å²) in [6, 6.07) is 0. The number of thiol groups is 1. The molecule has 0 N–H and O–H groups in total. The molecule has 1 aliphatic rings. The van der Waals surface area contributed by atoms with Crippen LogP contribution in [0.25, 0.3) is 0 Å². The number of hydrogen-bond acceptors (Lipinski definition) is 3. The first kappa shape index (κ1) is 12.2. The molecule has 0 aromatic carbocycles. The van der Waals surface area contributed by atoms with E-state index in [1.54, 1.807) is 0 Å². The predicted octanol–water partition coefficient (Wildman–Crippen LogP) is 2.16.